The molecule has 1 saturated heterocycles. The number of carbonyl (C=O) groups is 3. The summed E-state index contributed by atoms with van der Waals surface area (Å²) in [6, 6.07) is 13.9. The van der Waals surface area contributed by atoms with Crippen molar-refractivity contribution in [3.63, 3.8) is 0 Å². The second-order valence-corrected chi connectivity index (χ2v) is 7.85. The number of anilines is 1. The highest BCUT2D eigenvalue weighted by Gasteiger charge is 2.34. The topological polar surface area (TPSA) is 139 Å². The first-order chi connectivity index (χ1) is 14.2. The van der Waals surface area contributed by atoms with Gasteiger partial charge in [0, 0.05) is 5.69 Å². The van der Waals surface area contributed by atoms with Gasteiger partial charge < -0.3 is 10.6 Å². The number of carbonyl (C=O) groups excluding carboxylic acids is 3. The molecular weight excluding hydrogens is 408 g/mol. The molecule has 0 saturated carbocycles. The van der Waals surface area contributed by atoms with Crippen LogP contribution in [0.2, 0.25) is 0 Å². The third-order valence-electron chi connectivity index (χ3n) is 4.08. The zero-order chi connectivity index (χ0) is 21.7. The highest BCUT2D eigenvalue weighted by Crippen LogP contribution is 2.14. The van der Waals surface area contributed by atoms with Gasteiger partial charge >= 0.3 is 6.03 Å². The number of hydrogen-bond acceptors (Lipinski definition) is 5. The van der Waals surface area contributed by atoms with Crippen LogP contribution in [-0.2, 0) is 19.6 Å². The van der Waals surface area contributed by atoms with E-state index in [0.29, 0.717) is 5.69 Å². The Morgan fingerprint density at radius 3 is 2.37 bits per heavy atom. The molecule has 1 aliphatic rings. The zero-order valence-corrected chi connectivity index (χ0v) is 16.4. The Labute approximate surface area is 172 Å². The maximum Gasteiger partial charge on any atom is 0.329 e. The molecule has 0 unspecified atom stereocenters. The lowest BCUT2D eigenvalue weighted by atomic mass is 10.2. The summed E-state index contributed by atoms with van der Waals surface area (Å²) in [5.41, 5.74) is 1.27. The van der Waals surface area contributed by atoms with Crippen LogP contribution in [0.15, 0.2) is 77.3 Å². The minimum absolute atomic E-state index is 0.0532. The van der Waals surface area contributed by atoms with Gasteiger partial charge in [-0.2, -0.15) is 0 Å². The van der Waals surface area contributed by atoms with E-state index in [9.17, 15) is 22.8 Å². The monoisotopic (exact) mass is 426 g/mol. The van der Waals surface area contributed by atoms with Crippen molar-refractivity contribution in [1.29, 1.82) is 0 Å². The standard InChI is InChI=1S/C20H18N4O5S/c21-30(28,29)16-11-9-15(10-12-16)22-18(25)13-24-19(26)17(23-20(24)27)8-4-7-14-5-2-1-3-6-14/h1-12H,13H2,(H,22,25)(H,23,27)(H2,21,28,29). The van der Waals surface area contributed by atoms with E-state index in [2.05, 4.69) is 10.6 Å². The average Bonchev–Trinajstić information content (AvgIpc) is 2.96. The Morgan fingerprint density at radius 2 is 1.73 bits per heavy atom. The van der Waals surface area contributed by atoms with E-state index in [-0.39, 0.29) is 10.6 Å². The van der Waals surface area contributed by atoms with Gasteiger partial charge in [-0.1, -0.05) is 42.5 Å². The first-order valence-corrected chi connectivity index (χ1v) is 10.3. The van der Waals surface area contributed by atoms with E-state index >= 15 is 0 Å². The summed E-state index contributed by atoms with van der Waals surface area (Å²) in [7, 11) is -3.84. The summed E-state index contributed by atoms with van der Waals surface area (Å²) in [6.45, 7) is -0.499. The number of primary sulfonamides is 1. The number of amides is 4. The van der Waals surface area contributed by atoms with E-state index in [0.717, 1.165) is 10.5 Å². The molecule has 10 heteroatoms. The van der Waals surface area contributed by atoms with Crippen LogP contribution in [0.3, 0.4) is 0 Å². The fraction of sp³-hybridized carbons (Fsp3) is 0.0500. The third-order valence-corrected chi connectivity index (χ3v) is 5.01. The molecule has 0 radical (unpaired) electrons. The smallest absolute Gasteiger partial charge is 0.325 e. The van der Waals surface area contributed by atoms with Crippen molar-refractivity contribution in [2.24, 2.45) is 5.14 Å². The van der Waals surface area contributed by atoms with Gasteiger partial charge in [0.05, 0.1) is 4.90 Å². The fourth-order valence-corrected chi connectivity index (χ4v) is 3.14. The van der Waals surface area contributed by atoms with Gasteiger partial charge in [0.15, 0.2) is 0 Å². The van der Waals surface area contributed by atoms with Gasteiger partial charge in [-0.25, -0.2) is 23.3 Å². The predicted molar refractivity (Wildman–Crippen MR) is 110 cm³/mol. The van der Waals surface area contributed by atoms with Crippen molar-refractivity contribution in [3.8, 4) is 0 Å². The van der Waals surface area contributed by atoms with Crippen LogP contribution in [0.25, 0.3) is 6.08 Å². The van der Waals surface area contributed by atoms with Crippen LogP contribution in [0.5, 0.6) is 0 Å². The minimum atomic E-state index is -3.84. The Balaban J connectivity index is 1.61. The second kappa shape index (κ2) is 8.72. The van der Waals surface area contributed by atoms with E-state index in [1.807, 2.05) is 30.3 Å². The van der Waals surface area contributed by atoms with Crippen molar-refractivity contribution in [3.05, 3.63) is 78.0 Å². The van der Waals surface area contributed by atoms with Crippen molar-refractivity contribution >= 4 is 39.6 Å². The number of sulfonamides is 1. The zero-order valence-electron chi connectivity index (χ0n) is 15.6. The third kappa shape index (κ3) is 5.19. The van der Waals surface area contributed by atoms with Crippen LogP contribution in [0.4, 0.5) is 10.5 Å². The summed E-state index contributed by atoms with van der Waals surface area (Å²) in [4.78, 5) is 37.3. The van der Waals surface area contributed by atoms with E-state index in [1.165, 1.54) is 30.3 Å². The summed E-state index contributed by atoms with van der Waals surface area (Å²) in [6.07, 6.45) is 4.85. The molecule has 4 amide bonds. The van der Waals surface area contributed by atoms with Gasteiger partial charge in [-0.15, -0.1) is 0 Å². The number of rotatable bonds is 6. The number of nitrogens with one attached hydrogen (secondary N) is 2. The molecule has 1 fully saturated rings. The Bertz CT molecular complexity index is 1140. The first kappa shape index (κ1) is 21.0. The second-order valence-electron chi connectivity index (χ2n) is 6.29. The first-order valence-electron chi connectivity index (χ1n) is 8.73. The van der Waals surface area contributed by atoms with Gasteiger partial charge in [0.25, 0.3) is 5.91 Å². The quantitative estimate of drug-likeness (QED) is 0.474. The summed E-state index contributed by atoms with van der Waals surface area (Å²) >= 11 is 0. The number of urea groups is 1. The maximum absolute atomic E-state index is 12.4. The number of imide groups is 1. The number of allylic oxidation sites excluding steroid dienone is 2. The minimum Gasteiger partial charge on any atom is -0.325 e. The van der Waals surface area contributed by atoms with Crippen LogP contribution in [0.1, 0.15) is 5.56 Å². The lowest BCUT2D eigenvalue weighted by Crippen LogP contribution is -2.38. The predicted octanol–water partition coefficient (Wildman–Crippen LogP) is 1.42. The van der Waals surface area contributed by atoms with E-state index < -0.39 is 34.4 Å². The van der Waals surface area contributed by atoms with Crippen molar-refractivity contribution in [2.75, 3.05) is 11.9 Å². The highest BCUT2D eigenvalue weighted by molar-refractivity contribution is 7.89. The van der Waals surface area contributed by atoms with Crippen LogP contribution in [-0.4, -0.2) is 37.7 Å². The van der Waals surface area contributed by atoms with E-state index in [1.54, 1.807) is 12.2 Å². The number of nitrogens with two attached hydrogens (primary N) is 1. The largest absolute Gasteiger partial charge is 0.329 e. The number of hydrogen-bond donors (Lipinski definition) is 3. The van der Waals surface area contributed by atoms with Gasteiger partial charge in [0.1, 0.15) is 12.2 Å². The molecular formula is C20H18N4O5S. The van der Waals surface area contributed by atoms with Crippen LogP contribution < -0.4 is 15.8 Å². The lowest BCUT2D eigenvalue weighted by molar-refractivity contribution is -0.127. The normalized spacial score (nSPS) is 15.6. The number of benzene rings is 2. The maximum atomic E-state index is 12.4. The molecule has 3 rings (SSSR count). The van der Waals surface area contributed by atoms with Crippen LogP contribution >= 0.6 is 0 Å². The van der Waals surface area contributed by atoms with Crippen molar-refractivity contribution in [1.82, 2.24) is 10.2 Å². The molecule has 1 aliphatic heterocycles. The molecule has 4 N–H and O–H groups in total. The van der Waals surface area contributed by atoms with Crippen molar-refractivity contribution < 1.29 is 22.8 Å². The molecule has 2 aromatic carbocycles. The van der Waals surface area contributed by atoms with Crippen molar-refractivity contribution in [2.45, 2.75) is 4.90 Å². The molecule has 30 heavy (non-hydrogen) atoms. The molecule has 9 nitrogen and oxygen atoms in total. The summed E-state index contributed by atoms with van der Waals surface area (Å²) < 4.78 is 22.5. The Morgan fingerprint density at radius 1 is 1.07 bits per heavy atom. The molecule has 1 heterocycles. The molecule has 0 spiro atoms. The highest BCUT2D eigenvalue weighted by atomic mass is 32.2. The molecule has 0 bridgehead atoms. The van der Waals surface area contributed by atoms with Crippen LogP contribution in [0, 0.1) is 0 Å². The fourth-order valence-electron chi connectivity index (χ4n) is 2.62. The van der Waals surface area contributed by atoms with Gasteiger partial charge in [-0.3, -0.25) is 9.59 Å². The molecule has 0 aromatic heterocycles. The van der Waals surface area contributed by atoms with Gasteiger partial charge in [0.2, 0.25) is 15.9 Å². The molecule has 2 aromatic rings. The summed E-state index contributed by atoms with van der Waals surface area (Å²) in [5, 5.41) is 9.92. The summed E-state index contributed by atoms with van der Waals surface area (Å²) in [5.74, 6) is -1.25. The van der Waals surface area contributed by atoms with Gasteiger partial charge in [-0.05, 0) is 35.9 Å². The van der Waals surface area contributed by atoms with E-state index in [4.69, 9.17) is 5.14 Å². The molecule has 154 valence electrons. The lowest BCUT2D eigenvalue weighted by Gasteiger charge is -2.12. The Hall–Kier alpha value is -3.76. The number of nitrogens with zero attached hydrogens (tertiary/aromatic N) is 1. The SMILES string of the molecule is NS(=O)(=O)c1ccc(NC(=O)CN2C(=O)NC(=CC=Cc3ccccc3)C2=O)cc1. The molecule has 0 aliphatic carbocycles. The molecule has 0 atom stereocenters. The average molecular weight is 426 g/mol. The Kier molecular flexibility index (Phi) is 6.09.